The first kappa shape index (κ1) is 24.8. The first-order valence-corrected chi connectivity index (χ1v) is 11.7. The van der Waals surface area contributed by atoms with Crippen molar-refractivity contribution in [1.29, 1.82) is 0 Å². The molecule has 0 aliphatic rings. The molecule has 0 radical (unpaired) electrons. The van der Waals surface area contributed by atoms with Gasteiger partial charge >= 0.3 is 0 Å². The molecule has 0 saturated carbocycles. The Morgan fingerprint density at radius 3 is 2.12 bits per heavy atom. The topological polar surface area (TPSA) is 49.4 Å². The van der Waals surface area contributed by atoms with Gasteiger partial charge in [-0.2, -0.15) is 0 Å². The molecule has 33 heavy (non-hydrogen) atoms. The largest absolute Gasteiger partial charge is 0.350 e. The lowest BCUT2D eigenvalue weighted by Crippen LogP contribution is -2.51. The minimum absolute atomic E-state index is 0.0845. The second-order valence-electron chi connectivity index (χ2n) is 8.26. The van der Waals surface area contributed by atoms with Gasteiger partial charge < -0.3 is 10.2 Å². The fourth-order valence-electron chi connectivity index (χ4n) is 3.58. The van der Waals surface area contributed by atoms with Crippen LogP contribution in [-0.4, -0.2) is 22.8 Å². The number of nitrogens with one attached hydrogen (secondary N) is 1. The first-order chi connectivity index (χ1) is 15.8. The Morgan fingerprint density at radius 2 is 1.48 bits per heavy atom. The zero-order chi connectivity index (χ0) is 23.8. The van der Waals surface area contributed by atoms with Crippen LogP contribution in [0.15, 0.2) is 78.9 Å². The van der Waals surface area contributed by atoms with Gasteiger partial charge in [-0.05, 0) is 34.9 Å². The summed E-state index contributed by atoms with van der Waals surface area (Å²) < 4.78 is 0. The van der Waals surface area contributed by atoms with E-state index in [-0.39, 0.29) is 24.3 Å². The van der Waals surface area contributed by atoms with Crippen LogP contribution in [-0.2, 0) is 29.1 Å². The van der Waals surface area contributed by atoms with Gasteiger partial charge in [0.1, 0.15) is 6.04 Å². The maximum atomic E-state index is 13.5. The van der Waals surface area contributed by atoms with Gasteiger partial charge in [-0.25, -0.2) is 0 Å². The molecule has 2 amide bonds. The van der Waals surface area contributed by atoms with E-state index in [0.29, 0.717) is 23.0 Å². The summed E-state index contributed by atoms with van der Waals surface area (Å²) in [5.74, 6) is -0.563. The van der Waals surface area contributed by atoms with Gasteiger partial charge in [0.2, 0.25) is 11.8 Å². The van der Waals surface area contributed by atoms with E-state index < -0.39 is 6.04 Å². The summed E-state index contributed by atoms with van der Waals surface area (Å²) in [5.41, 5.74) is 2.71. The highest BCUT2D eigenvalue weighted by Gasteiger charge is 2.31. The van der Waals surface area contributed by atoms with Crippen molar-refractivity contribution in [1.82, 2.24) is 10.2 Å². The molecule has 0 aliphatic carbocycles. The molecule has 3 aromatic rings. The molecule has 1 N–H and O–H groups in total. The normalized spacial score (nSPS) is 11.8. The number of hydrogen-bond acceptors (Lipinski definition) is 2. The number of nitrogens with zero attached hydrogens (tertiary/aromatic N) is 1. The third kappa shape index (κ3) is 7.08. The molecule has 0 bridgehead atoms. The monoisotopic (exact) mass is 482 g/mol. The molecule has 0 spiro atoms. The predicted octanol–water partition coefficient (Wildman–Crippen LogP) is 5.91. The molecule has 0 saturated heterocycles. The predicted molar refractivity (Wildman–Crippen MR) is 134 cm³/mol. The molecule has 0 fully saturated rings. The van der Waals surface area contributed by atoms with Gasteiger partial charge in [-0.15, -0.1) is 0 Å². The molecule has 3 aromatic carbocycles. The Bertz CT molecular complexity index is 1070. The van der Waals surface area contributed by atoms with Crippen molar-refractivity contribution in [3.05, 3.63) is 106 Å². The third-order valence-corrected chi connectivity index (χ3v) is 6.03. The summed E-state index contributed by atoms with van der Waals surface area (Å²) in [6.07, 6.45) is 0.404. The lowest BCUT2D eigenvalue weighted by molar-refractivity contribution is -0.143. The van der Waals surface area contributed by atoms with Crippen molar-refractivity contribution in [2.45, 2.75) is 39.4 Å². The standard InChI is InChI=1S/C27H28Cl2N2O2/c1-19(2)27(33)31(18-21-12-14-23(28)15-13-21)25(16-20-8-4-3-5-9-20)26(32)30-17-22-10-6-7-11-24(22)29/h3-15,19,25H,16-18H2,1-2H3,(H,30,32)/t25-/m0/s1. The van der Waals surface area contributed by atoms with Crippen LogP contribution < -0.4 is 5.32 Å². The summed E-state index contributed by atoms with van der Waals surface area (Å²) in [7, 11) is 0. The van der Waals surface area contributed by atoms with Gasteiger partial charge in [-0.3, -0.25) is 9.59 Å². The van der Waals surface area contributed by atoms with Crippen LogP contribution in [0.3, 0.4) is 0 Å². The molecule has 6 heteroatoms. The van der Waals surface area contributed by atoms with E-state index in [0.717, 1.165) is 16.7 Å². The van der Waals surface area contributed by atoms with E-state index in [1.165, 1.54) is 0 Å². The Hall–Kier alpha value is -2.82. The second kappa shape index (κ2) is 11.9. The lowest BCUT2D eigenvalue weighted by Gasteiger charge is -2.33. The number of halogens is 2. The number of rotatable bonds is 9. The van der Waals surface area contributed by atoms with Gasteiger partial charge in [0, 0.05) is 35.5 Å². The van der Waals surface area contributed by atoms with Crippen molar-refractivity contribution >= 4 is 35.0 Å². The molecule has 0 aromatic heterocycles. The summed E-state index contributed by atoms with van der Waals surface area (Å²) in [4.78, 5) is 28.4. The Kier molecular flexibility index (Phi) is 8.93. The fourth-order valence-corrected chi connectivity index (χ4v) is 3.91. The average Bonchev–Trinajstić information content (AvgIpc) is 2.82. The summed E-state index contributed by atoms with van der Waals surface area (Å²) in [6, 6.07) is 23.8. The van der Waals surface area contributed by atoms with Crippen LogP contribution in [0.4, 0.5) is 0 Å². The fraction of sp³-hybridized carbons (Fsp3) is 0.259. The highest BCUT2D eigenvalue weighted by molar-refractivity contribution is 6.31. The average molecular weight is 483 g/mol. The van der Waals surface area contributed by atoms with Gasteiger partial charge in [0.05, 0.1) is 0 Å². The van der Waals surface area contributed by atoms with Crippen molar-refractivity contribution in [2.75, 3.05) is 0 Å². The first-order valence-electron chi connectivity index (χ1n) is 10.9. The van der Waals surface area contributed by atoms with Crippen LogP contribution in [0.25, 0.3) is 0 Å². The Morgan fingerprint density at radius 1 is 0.848 bits per heavy atom. The van der Waals surface area contributed by atoms with Gasteiger partial charge in [0.15, 0.2) is 0 Å². The van der Waals surface area contributed by atoms with E-state index in [2.05, 4.69) is 5.32 Å². The molecule has 0 heterocycles. The van der Waals surface area contributed by atoms with Gasteiger partial charge in [0.25, 0.3) is 0 Å². The van der Waals surface area contributed by atoms with Crippen LogP contribution in [0.5, 0.6) is 0 Å². The minimum atomic E-state index is -0.680. The van der Waals surface area contributed by atoms with Crippen LogP contribution in [0, 0.1) is 5.92 Å². The van der Waals surface area contributed by atoms with Gasteiger partial charge in [-0.1, -0.05) is 97.7 Å². The highest BCUT2D eigenvalue weighted by atomic mass is 35.5. The zero-order valence-corrected chi connectivity index (χ0v) is 20.3. The summed E-state index contributed by atoms with van der Waals surface area (Å²) in [6.45, 7) is 4.29. The van der Waals surface area contributed by atoms with Crippen molar-refractivity contribution < 1.29 is 9.59 Å². The number of hydrogen-bond donors (Lipinski definition) is 1. The SMILES string of the molecule is CC(C)C(=O)N(Cc1ccc(Cl)cc1)[C@@H](Cc1ccccc1)C(=O)NCc1ccccc1Cl. The third-order valence-electron chi connectivity index (χ3n) is 5.40. The molecule has 0 aliphatic heterocycles. The Labute approximate surface area is 205 Å². The van der Waals surface area contributed by atoms with Crippen LogP contribution in [0.2, 0.25) is 10.0 Å². The number of carbonyl (C=O) groups excluding carboxylic acids is 2. The Balaban J connectivity index is 1.90. The van der Waals surface area contributed by atoms with Crippen molar-refractivity contribution in [2.24, 2.45) is 5.92 Å². The summed E-state index contributed by atoms with van der Waals surface area (Å²) in [5, 5.41) is 4.21. The van der Waals surface area contributed by atoms with Crippen molar-refractivity contribution in [3.8, 4) is 0 Å². The maximum absolute atomic E-state index is 13.5. The molecular formula is C27H28Cl2N2O2. The highest BCUT2D eigenvalue weighted by Crippen LogP contribution is 2.20. The minimum Gasteiger partial charge on any atom is -0.350 e. The van der Waals surface area contributed by atoms with Crippen molar-refractivity contribution in [3.63, 3.8) is 0 Å². The van der Waals surface area contributed by atoms with E-state index in [1.54, 1.807) is 23.1 Å². The van der Waals surface area contributed by atoms with Crippen LogP contribution >= 0.6 is 23.2 Å². The molecule has 1 atom stereocenters. The molecule has 172 valence electrons. The summed E-state index contributed by atoms with van der Waals surface area (Å²) >= 11 is 12.3. The molecule has 4 nitrogen and oxygen atoms in total. The molecule has 0 unspecified atom stereocenters. The van der Waals surface area contributed by atoms with E-state index >= 15 is 0 Å². The zero-order valence-electron chi connectivity index (χ0n) is 18.8. The quantitative estimate of drug-likeness (QED) is 0.412. The number of carbonyl (C=O) groups is 2. The molecule has 3 rings (SSSR count). The van der Waals surface area contributed by atoms with E-state index in [9.17, 15) is 9.59 Å². The van der Waals surface area contributed by atoms with E-state index in [4.69, 9.17) is 23.2 Å². The molecular weight excluding hydrogens is 455 g/mol. The second-order valence-corrected chi connectivity index (χ2v) is 9.11. The maximum Gasteiger partial charge on any atom is 0.243 e. The lowest BCUT2D eigenvalue weighted by atomic mass is 10.0. The number of amides is 2. The smallest absolute Gasteiger partial charge is 0.243 e. The van der Waals surface area contributed by atoms with Crippen LogP contribution in [0.1, 0.15) is 30.5 Å². The number of benzene rings is 3. The van der Waals surface area contributed by atoms with E-state index in [1.807, 2.05) is 74.5 Å².